The Bertz CT molecular complexity index is 203. The topological polar surface area (TPSA) is 26.3 Å². The minimum atomic E-state index is -0.0886. The number of hydrogen-bond donors (Lipinski definition) is 0. The predicted molar refractivity (Wildman–Crippen MR) is 67.0 cm³/mol. The highest BCUT2D eigenvalue weighted by Gasteiger charge is 1.98. The largest absolute Gasteiger partial charge is 0.469 e. The summed E-state index contributed by atoms with van der Waals surface area (Å²) in [5.74, 6) is 2.57. The smallest absolute Gasteiger partial charge is 0.305 e. The molecule has 0 aliphatic carbocycles. The first-order valence-corrected chi connectivity index (χ1v) is 6.31. The molecule has 0 aromatic rings. The zero-order valence-corrected chi connectivity index (χ0v) is 10.5. The molecule has 0 aromatic carbocycles. The van der Waals surface area contributed by atoms with Crippen molar-refractivity contribution in [2.75, 3.05) is 7.11 Å². The van der Waals surface area contributed by atoms with E-state index in [0.717, 1.165) is 19.3 Å². The average molecular weight is 224 g/mol. The van der Waals surface area contributed by atoms with Gasteiger partial charge in [-0.3, -0.25) is 4.79 Å². The van der Waals surface area contributed by atoms with Crippen LogP contribution in [0, 0.1) is 12.3 Å². The summed E-state index contributed by atoms with van der Waals surface area (Å²) in [5.41, 5.74) is 0. The molecular formula is C14H24O2. The van der Waals surface area contributed by atoms with Crippen molar-refractivity contribution in [1.29, 1.82) is 0 Å². The maximum Gasteiger partial charge on any atom is 0.305 e. The molecule has 0 amide bonds. The maximum absolute atomic E-state index is 10.8. The average Bonchev–Trinajstić information content (AvgIpc) is 2.31. The molecule has 0 unspecified atom stereocenters. The highest BCUT2D eigenvalue weighted by molar-refractivity contribution is 5.68. The monoisotopic (exact) mass is 224 g/mol. The van der Waals surface area contributed by atoms with Crippen LogP contribution in [0.25, 0.3) is 0 Å². The van der Waals surface area contributed by atoms with Gasteiger partial charge in [-0.15, -0.1) is 12.3 Å². The number of carbonyl (C=O) groups is 1. The van der Waals surface area contributed by atoms with Gasteiger partial charge in [-0.05, 0) is 12.8 Å². The van der Waals surface area contributed by atoms with Crippen LogP contribution in [-0.2, 0) is 9.53 Å². The molecule has 0 fully saturated rings. The molecule has 0 N–H and O–H groups in total. The molecule has 0 radical (unpaired) electrons. The second kappa shape index (κ2) is 12.1. The summed E-state index contributed by atoms with van der Waals surface area (Å²) in [6.07, 6.45) is 16.3. The summed E-state index contributed by atoms with van der Waals surface area (Å²) in [6.45, 7) is 0. The predicted octanol–water partition coefficient (Wildman–Crippen LogP) is 3.69. The van der Waals surface area contributed by atoms with E-state index >= 15 is 0 Å². The maximum atomic E-state index is 10.8. The number of hydrogen-bond acceptors (Lipinski definition) is 2. The highest BCUT2D eigenvalue weighted by Crippen LogP contribution is 2.10. The molecule has 16 heavy (non-hydrogen) atoms. The van der Waals surface area contributed by atoms with Gasteiger partial charge in [0.2, 0.25) is 0 Å². The van der Waals surface area contributed by atoms with E-state index in [2.05, 4.69) is 10.7 Å². The summed E-state index contributed by atoms with van der Waals surface area (Å²) in [4.78, 5) is 10.8. The van der Waals surface area contributed by atoms with Crippen molar-refractivity contribution >= 4 is 5.97 Å². The van der Waals surface area contributed by atoms with Crippen molar-refractivity contribution in [3.63, 3.8) is 0 Å². The Kier molecular flexibility index (Phi) is 11.4. The molecule has 0 atom stereocenters. The molecule has 0 aromatic heterocycles. The van der Waals surface area contributed by atoms with Gasteiger partial charge in [-0.2, -0.15) is 0 Å². The zero-order chi connectivity index (χ0) is 12.1. The molecule has 0 aliphatic heterocycles. The van der Waals surface area contributed by atoms with E-state index < -0.39 is 0 Å². The highest BCUT2D eigenvalue weighted by atomic mass is 16.5. The van der Waals surface area contributed by atoms with Gasteiger partial charge in [0.05, 0.1) is 7.11 Å². The summed E-state index contributed by atoms with van der Waals surface area (Å²) < 4.78 is 4.58. The third-order valence-corrected chi connectivity index (χ3v) is 2.68. The van der Waals surface area contributed by atoms with Gasteiger partial charge in [-0.1, -0.05) is 38.5 Å². The summed E-state index contributed by atoms with van der Waals surface area (Å²) in [5, 5.41) is 0. The van der Waals surface area contributed by atoms with Crippen LogP contribution in [0.2, 0.25) is 0 Å². The van der Waals surface area contributed by atoms with Crippen LogP contribution in [0.4, 0.5) is 0 Å². The number of carbonyl (C=O) groups excluding carboxylic acids is 1. The molecule has 0 spiro atoms. The minimum absolute atomic E-state index is 0.0886. The first kappa shape index (κ1) is 15.0. The van der Waals surface area contributed by atoms with Crippen molar-refractivity contribution in [1.82, 2.24) is 0 Å². The number of unbranched alkanes of at least 4 members (excludes halogenated alkanes) is 8. The van der Waals surface area contributed by atoms with E-state index in [1.807, 2.05) is 0 Å². The van der Waals surface area contributed by atoms with Gasteiger partial charge >= 0.3 is 5.97 Å². The van der Waals surface area contributed by atoms with E-state index in [1.165, 1.54) is 45.6 Å². The van der Waals surface area contributed by atoms with Gasteiger partial charge in [0.25, 0.3) is 0 Å². The molecule has 0 saturated heterocycles. The SMILES string of the molecule is C#CCCCCCCCCCCC(=O)OC. The van der Waals surface area contributed by atoms with Gasteiger partial charge in [-0.25, -0.2) is 0 Å². The normalized spacial score (nSPS) is 9.75. The number of ether oxygens (including phenoxy) is 1. The molecule has 0 saturated carbocycles. The number of rotatable bonds is 10. The molecule has 0 heterocycles. The Balaban J connectivity index is 2.99. The molecule has 2 heteroatoms. The first-order valence-electron chi connectivity index (χ1n) is 6.31. The van der Waals surface area contributed by atoms with Crippen LogP contribution in [0.1, 0.15) is 64.2 Å². The van der Waals surface area contributed by atoms with Crippen molar-refractivity contribution < 1.29 is 9.53 Å². The second-order valence-corrected chi connectivity index (χ2v) is 4.11. The lowest BCUT2D eigenvalue weighted by Gasteiger charge is -2.01. The Morgan fingerprint density at radius 2 is 1.50 bits per heavy atom. The summed E-state index contributed by atoms with van der Waals surface area (Å²) in [6, 6.07) is 0. The quantitative estimate of drug-likeness (QED) is 0.321. The van der Waals surface area contributed by atoms with Crippen LogP contribution in [-0.4, -0.2) is 13.1 Å². The van der Waals surface area contributed by atoms with Gasteiger partial charge in [0.15, 0.2) is 0 Å². The number of terminal acetylenes is 1. The van der Waals surface area contributed by atoms with E-state index in [9.17, 15) is 4.79 Å². The lowest BCUT2D eigenvalue weighted by atomic mass is 10.1. The third kappa shape index (κ3) is 11.1. The molecule has 0 bridgehead atoms. The van der Waals surface area contributed by atoms with E-state index in [4.69, 9.17) is 6.42 Å². The lowest BCUT2D eigenvalue weighted by Crippen LogP contribution is -1.99. The fourth-order valence-electron chi connectivity index (χ4n) is 1.66. The van der Waals surface area contributed by atoms with Gasteiger partial charge in [0, 0.05) is 12.8 Å². The molecule has 92 valence electrons. The first-order chi connectivity index (χ1) is 7.81. The Labute approximate surface area is 99.8 Å². The van der Waals surface area contributed by atoms with Crippen LogP contribution < -0.4 is 0 Å². The molecule has 2 nitrogen and oxygen atoms in total. The third-order valence-electron chi connectivity index (χ3n) is 2.68. The van der Waals surface area contributed by atoms with Gasteiger partial charge in [0.1, 0.15) is 0 Å². The summed E-state index contributed by atoms with van der Waals surface area (Å²) >= 11 is 0. The fourth-order valence-corrected chi connectivity index (χ4v) is 1.66. The zero-order valence-electron chi connectivity index (χ0n) is 10.5. The lowest BCUT2D eigenvalue weighted by molar-refractivity contribution is -0.140. The van der Waals surface area contributed by atoms with E-state index in [1.54, 1.807) is 0 Å². The summed E-state index contributed by atoms with van der Waals surface area (Å²) in [7, 11) is 1.44. The van der Waals surface area contributed by atoms with Gasteiger partial charge < -0.3 is 4.74 Å². The van der Waals surface area contributed by atoms with Crippen molar-refractivity contribution in [2.24, 2.45) is 0 Å². The standard InChI is InChI=1S/C14H24O2/c1-3-4-5-6-7-8-9-10-11-12-13-14(15)16-2/h1H,4-13H2,2H3. The van der Waals surface area contributed by atoms with Crippen LogP contribution in [0.5, 0.6) is 0 Å². The van der Waals surface area contributed by atoms with Crippen LogP contribution in [0.15, 0.2) is 0 Å². The Morgan fingerprint density at radius 3 is 2.00 bits per heavy atom. The number of esters is 1. The Hall–Kier alpha value is -0.970. The van der Waals surface area contributed by atoms with Crippen LogP contribution >= 0.6 is 0 Å². The second-order valence-electron chi connectivity index (χ2n) is 4.11. The molecule has 0 aliphatic rings. The Morgan fingerprint density at radius 1 is 1.00 bits per heavy atom. The number of methoxy groups -OCH3 is 1. The van der Waals surface area contributed by atoms with Crippen LogP contribution in [0.3, 0.4) is 0 Å². The van der Waals surface area contributed by atoms with Crippen molar-refractivity contribution in [2.45, 2.75) is 64.2 Å². The van der Waals surface area contributed by atoms with Crippen molar-refractivity contribution in [3.05, 3.63) is 0 Å². The minimum Gasteiger partial charge on any atom is -0.469 e. The molecular weight excluding hydrogens is 200 g/mol. The van der Waals surface area contributed by atoms with E-state index in [-0.39, 0.29) is 5.97 Å². The molecule has 0 rings (SSSR count). The van der Waals surface area contributed by atoms with E-state index in [0.29, 0.717) is 6.42 Å². The van der Waals surface area contributed by atoms with Crippen molar-refractivity contribution in [3.8, 4) is 12.3 Å². The fraction of sp³-hybridized carbons (Fsp3) is 0.786.